The van der Waals surface area contributed by atoms with Gasteiger partial charge in [-0.2, -0.15) is 0 Å². The Morgan fingerprint density at radius 1 is 1.14 bits per heavy atom. The Balaban J connectivity index is 2.13. The molecule has 0 radical (unpaired) electrons. The van der Waals surface area contributed by atoms with Gasteiger partial charge >= 0.3 is 0 Å². The van der Waals surface area contributed by atoms with Crippen LogP contribution in [0.4, 0.5) is 4.39 Å². The zero-order valence-electron chi connectivity index (χ0n) is 11.5. The maximum Gasteiger partial charge on any atom is 0.243 e. The number of sulfonamides is 1. The van der Waals surface area contributed by atoms with Crippen LogP contribution in [-0.2, 0) is 10.0 Å². The first kappa shape index (κ1) is 15.6. The number of benzene rings is 2. The number of nitrogens with one attached hydrogen (secondary N) is 1. The molecule has 0 aliphatic heterocycles. The third-order valence-corrected chi connectivity index (χ3v) is 4.60. The highest BCUT2D eigenvalue weighted by atomic mass is 32.2. The molecule has 0 saturated heterocycles. The van der Waals surface area contributed by atoms with Crippen LogP contribution in [-0.4, -0.2) is 20.1 Å². The molecule has 0 aromatic heterocycles. The van der Waals surface area contributed by atoms with E-state index < -0.39 is 26.8 Å². The van der Waals surface area contributed by atoms with Gasteiger partial charge in [-0.25, -0.2) is 17.5 Å². The van der Waals surface area contributed by atoms with Gasteiger partial charge in [0.15, 0.2) is 0 Å². The van der Waals surface area contributed by atoms with Gasteiger partial charge in [0.2, 0.25) is 10.0 Å². The Bertz CT molecular complexity index is 731. The topological polar surface area (TPSA) is 66.4 Å². The van der Waals surface area contributed by atoms with Crippen molar-refractivity contribution < 1.29 is 17.9 Å². The number of aliphatic hydroxyl groups excluding tert-OH is 1. The van der Waals surface area contributed by atoms with Gasteiger partial charge in [-0.15, -0.1) is 0 Å². The van der Waals surface area contributed by atoms with Crippen molar-refractivity contribution in [3.8, 4) is 0 Å². The monoisotopic (exact) mass is 309 g/mol. The number of hydrogen-bond acceptors (Lipinski definition) is 3. The highest BCUT2D eigenvalue weighted by molar-refractivity contribution is 7.89. The van der Waals surface area contributed by atoms with E-state index in [2.05, 4.69) is 4.72 Å². The Morgan fingerprint density at radius 3 is 2.43 bits per heavy atom. The molecule has 6 heteroatoms. The normalized spacial score (nSPS) is 13.1. The number of halogens is 1. The molecule has 2 aromatic rings. The predicted molar refractivity (Wildman–Crippen MR) is 77.7 cm³/mol. The molecular formula is C15H16FNO3S. The standard InChI is InChI=1S/C15H16FNO3S/c1-11-6-2-3-7-12(11)14(18)10-17-21(19,20)15-9-5-4-8-13(15)16/h2-9,14,17-18H,10H2,1H3. The molecule has 112 valence electrons. The molecule has 2 N–H and O–H groups in total. The second kappa shape index (κ2) is 6.34. The fourth-order valence-electron chi connectivity index (χ4n) is 2.00. The van der Waals surface area contributed by atoms with Gasteiger partial charge in [0.05, 0.1) is 6.10 Å². The molecule has 0 spiro atoms. The summed E-state index contributed by atoms with van der Waals surface area (Å²) in [5.41, 5.74) is 1.49. The fourth-order valence-corrected chi connectivity index (χ4v) is 3.11. The SMILES string of the molecule is Cc1ccccc1C(O)CNS(=O)(=O)c1ccccc1F. The van der Waals surface area contributed by atoms with Crippen molar-refractivity contribution in [1.29, 1.82) is 0 Å². The van der Waals surface area contributed by atoms with E-state index in [0.717, 1.165) is 11.6 Å². The molecule has 1 unspecified atom stereocenters. The molecule has 0 fully saturated rings. The Hall–Kier alpha value is -1.76. The van der Waals surface area contributed by atoms with Gasteiger partial charge in [-0.3, -0.25) is 0 Å². The van der Waals surface area contributed by atoms with E-state index in [1.807, 2.05) is 19.1 Å². The highest BCUT2D eigenvalue weighted by Gasteiger charge is 2.20. The van der Waals surface area contributed by atoms with Crippen LogP contribution in [0, 0.1) is 12.7 Å². The van der Waals surface area contributed by atoms with Crippen molar-refractivity contribution in [2.24, 2.45) is 0 Å². The molecule has 1 atom stereocenters. The minimum absolute atomic E-state index is 0.221. The zero-order chi connectivity index (χ0) is 15.5. The van der Waals surface area contributed by atoms with Crippen molar-refractivity contribution in [3.63, 3.8) is 0 Å². The van der Waals surface area contributed by atoms with Crippen LogP contribution in [0.1, 0.15) is 17.2 Å². The van der Waals surface area contributed by atoms with Crippen molar-refractivity contribution in [2.75, 3.05) is 6.54 Å². The Kier molecular flexibility index (Phi) is 4.72. The quantitative estimate of drug-likeness (QED) is 0.889. The first-order valence-electron chi connectivity index (χ1n) is 6.39. The summed E-state index contributed by atoms with van der Waals surface area (Å²) in [7, 11) is -3.99. The average molecular weight is 309 g/mol. The molecule has 0 heterocycles. The van der Waals surface area contributed by atoms with Crippen LogP contribution in [0.25, 0.3) is 0 Å². The van der Waals surface area contributed by atoms with E-state index >= 15 is 0 Å². The Morgan fingerprint density at radius 2 is 1.76 bits per heavy atom. The minimum Gasteiger partial charge on any atom is -0.387 e. The summed E-state index contributed by atoms with van der Waals surface area (Å²) in [6.45, 7) is 1.60. The molecule has 0 amide bonds. The summed E-state index contributed by atoms with van der Waals surface area (Å²) >= 11 is 0. The second-order valence-electron chi connectivity index (χ2n) is 4.65. The summed E-state index contributed by atoms with van der Waals surface area (Å²) in [5, 5.41) is 10.1. The van der Waals surface area contributed by atoms with E-state index in [1.54, 1.807) is 12.1 Å². The van der Waals surface area contributed by atoms with E-state index in [1.165, 1.54) is 18.2 Å². The van der Waals surface area contributed by atoms with Crippen LogP contribution in [0.5, 0.6) is 0 Å². The molecule has 2 aromatic carbocycles. The van der Waals surface area contributed by atoms with E-state index in [-0.39, 0.29) is 6.54 Å². The zero-order valence-corrected chi connectivity index (χ0v) is 12.3. The van der Waals surface area contributed by atoms with Crippen LogP contribution in [0.3, 0.4) is 0 Å². The summed E-state index contributed by atoms with van der Waals surface area (Å²) in [6, 6.07) is 12.2. The summed E-state index contributed by atoms with van der Waals surface area (Å²) in [4.78, 5) is -0.429. The van der Waals surface area contributed by atoms with Crippen LogP contribution in [0.15, 0.2) is 53.4 Å². The largest absolute Gasteiger partial charge is 0.387 e. The maximum atomic E-state index is 13.5. The first-order chi connectivity index (χ1) is 9.92. The van der Waals surface area contributed by atoms with Crippen molar-refractivity contribution in [1.82, 2.24) is 4.72 Å². The molecule has 0 aliphatic carbocycles. The number of rotatable bonds is 5. The lowest BCUT2D eigenvalue weighted by atomic mass is 10.0. The average Bonchev–Trinajstić information content (AvgIpc) is 2.45. The van der Waals surface area contributed by atoms with Crippen LogP contribution < -0.4 is 4.72 Å². The lowest BCUT2D eigenvalue weighted by Gasteiger charge is -2.15. The second-order valence-corrected chi connectivity index (χ2v) is 6.39. The fraction of sp³-hybridized carbons (Fsp3) is 0.200. The van der Waals surface area contributed by atoms with Gasteiger partial charge in [0, 0.05) is 6.54 Å². The molecule has 0 aliphatic rings. The summed E-state index contributed by atoms with van der Waals surface area (Å²) in [5.74, 6) is -0.824. The molecule has 2 rings (SSSR count). The van der Waals surface area contributed by atoms with E-state index in [9.17, 15) is 17.9 Å². The highest BCUT2D eigenvalue weighted by Crippen LogP contribution is 2.18. The van der Waals surface area contributed by atoms with Gasteiger partial charge < -0.3 is 5.11 Å². The lowest BCUT2D eigenvalue weighted by Crippen LogP contribution is -2.29. The molecular weight excluding hydrogens is 293 g/mol. The molecule has 21 heavy (non-hydrogen) atoms. The van der Waals surface area contributed by atoms with Crippen LogP contribution >= 0.6 is 0 Å². The maximum absolute atomic E-state index is 13.5. The van der Waals surface area contributed by atoms with Gasteiger partial charge in [0.25, 0.3) is 0 Å². The van der Waals surface area contributed by atoms with Crippen molar-refractivity contribution >= 4 is 10.0 Å². The van der Waals surface area contributed by atoms with Gasteiger partial charge in [-0.1, -0.05) is 36.4 Å². The Labute approximate surface area is 123 Å². The first-order valence-corrected chi connectivity index (χ1v) is 7.88. The molecule has 0 saturated carbocycles. The summed E-state index contributed by atoms with van der Waals surface area (Å²) in [6.07, 6.45) is -0.993. The van der Waals surface area contributed by atoms with Crippen LogP contribution in [0.2, 0.25) is 0 Å². The smallest absolute Gasteiger partial charge is 0.243 e. The third kappa shape index (κ3) is 3.66. The summed E-state index contributed by atoms with van der Waals surface area (Å²) < 4.78 is 39.8. The number of hydrogen-bond donors (Lipinski definition) is 2. The molecule has 4 nitrogen and oxygen atoms in total. The van der Waals surface area contributed by atoms with E-state index in [4.69, 9.17) is 0 Å². The van der Waals surface area contributed by atoms with E-state index in [0.29, 0.717) is 5.56 Å². The molecule has 0 bridgehead atoms. The van der Waals surface area contributed by atoms with Gasteiger partial charge in [-0.05, 0) is 30.2 Å². The minimum atomic E-state index is -3.99. The van der Waals surface area contributed by atoms with Gasteiger partial charge in [0.1, 0.15) is 10.7 Å². The third-order valence-electron chi connectivity index (χ3n) is 3.14. The number of aliphatic hydroxyl groups is 1. The van der Waals surface area contributed by atoms with Crippen molar-refractivity contribution in [2.45, 2.75) is 17.9 Å². The lowest BCUT2D eigenvalue weighted by molar-refractivity contribution is 0.181. The van der Waals surface area contributed by atoms with Crippen molar-refractivity contribution in [3.05, 3.63) is 65.5 Å². The predicted octanol–water partition coefficient (Wildman–Crippen LogP) is 2.15. The number of aryl methyl sites for hydroxylation is 1.